The number of terminal acetylenes is 1. The van der Waals surface area contributed by atoms with E-state index in [0.29, 0.717) is 0 Å². The van der Waals surface area contributed by atoms with Gasteiger partial charge in [-0.2, -0.15) is 0 Å². The molecule has 0 bridgehead atoms. The van der Waals surface area contributed by atoms with Crippen molar-refractivity contribution in [2.45, 2.75) is 19.3 Å². The van der Waals surface area contributed by atoms with E-state index < -0.39 is 0 Å². The molecule has 0 amide bonds. The lowest BCUT2D eigenvalue weighted by molar-refractivity contribution is 0.411. The third-order valence-corrected chi connectivity index (χ3v) is 2.89. The second-order valence-electron chi connectivity index (χ2n) is 3.62. The van der Waals surface area contributed by atoms with Gasteiger partial charge in [-0.3, -0.25) is 0 Å². The van der Waals surface area contributed by atoms with Crippen LogP contribution < -0.4 is 4.74 Å². The Morgan fingerprint density at radius 1 is 1.43 bits per heavy atom. The first-order chi connectivity index (χ1) is 6.51. The molecule has 0 aliphatic carbocycles. The Kier molecular flexibility index (Phi) is 3.23. The molecule has 74 valence electrons. The number of hydrogen-bond acceptors (Lipinski definition) is 1. The highest BCUT2D eigenvalue weighted by atomic mass is 79.9. The molecule has 0 aliphatic rings. The molecule has 0 N–H and O–H groups in total. The molecule has 0 radical (unpaired) electrons. The van der Waals surface area contributed by atoms with E-state index in [0.717, 1.165) is 15.8 Å². The average Bonchev–Trinajstić information content (AvgIpc) is 2.18. The molecular weight excluding hydrogens is 240 g/mol. The summed E-state index contributed by atoms with van der Waals surface area (Å²) in [5.41, 5.74) is 0.827. The molecule has 1 rings (SSSR count). The fraction of sp³-hybridized carbons (Fsp3) is 0.333. The van der Waals surface area contributed by atoms with Crippen molar-refractivity contribution in [3.63, 3.8) is 0 Å². The van der Waals surface area contributed by atoms with Crippen LogP contribution in [0.5, 0.6) is 5.75 Å². The Hall–Kier alpha value is -0.940. The van der Waals surface area contributed by atoms with Gasteiger partial charge in [-0.05, 0) is 47.5 Å². The van der Waals surface area contributed by atoms with Gasteiger partial charge in [0.05, 0.1) is 17.0 Å². The molecule has 1 aromatic rings. The van der Waals surface area contributed by atoms with Crippen molar-refractivity contribution < 1.29 is 4.74 Å². The lowest BCUT2D eigenvalue weighted by Crippen LogP contribution is -2.13. The van der Waals surface area contributed by atoms with E-state index in [-0.39, 0.29) is 5.41 Å². The molecule has 0 unspecified atom stereocenters. The quantitative estimate of drug-likeness (QED) is 0.734. The van der Waals surface area contributed by atoms with Crippen molar-refractivity contribution in [1.82, 2.24) is 0 Å². The summed E-state index contributed by atoms with van der Waals surface area (Å²) >= 11 is 3.40. The predicted molar refractivity (Wildman–Crippen MR) is 62.6 cm³/mol. The third-order valence-electron chi connectivity index (χ3n) is 2.23. The van der Waals surface area contributed by atoms with Gasteiger partial charge in [0.1, 0.15) is 5.75 Å². The maximum atomic E-state index is 5.47. The molecule has 0 aromatic heterocycles. The van der Waals surface area contributed by atoms with Gasteiger partial charge in [-0.15, -0.1) is 6.42 Å². The summed E-state index contributed by atoms with van der Waals surface area (Å²) in [6.45, 7) is 4.02. The number of hydrogen-bond donors (Lipinski definition) is 0. The summed E-state index contributed by atoms with van der Waals surface area (Å²) in [6, 6.07) is 5.92. The zero-order valence-electron chi connectivity index (χ0n) is 8.60. The van der Waals surface area contributed by atoms with Gasteiger partial charge in [0.25, 0.3) is 0 Å². The van der Waals surface area contributed by atoms with Crippen molar-refractivity contribution >= 4 is 15.9 Å². The van der Waals surface area contributed by atoms with Gasteiger partial charge < -0.3 is 4.74 Å². The van der Waals surface area contributed by atoms with Gasteiger partial charge in [0, 0.05) is 0 Å². The molecule has 2 heteroatoms. The first kappa shape index (κ1) is 11.1. The van der Waals surface area contributed by atoms with Crippen molar-refractivity contribution in [1.29, 1.82) is 0 Å². The summed E-state index contributed by atoms with van der Waals surface area (Å²) < 4.78 is 6.15. The van der Waals surface area contributed by atoms with Gasteiger partial charge in [-0.25, -0.2) is 0 Å². The van der Waals surface area contributed by atoms with Gasteiger partial charge >= 0.3 is 0 Å². The number of methoxy groups -OCH3 is 1. The van der Waals surface area contributed by atoms with E-state index in [2.05, 4.69) is 21.9 Å². The van der Waals surface area contributed by atoms with Gasteiger partial charge in [0.15, 0.2) is 0 Å². The maximum Gasteiger partial charge on any atom is 0.133 e. The normalized spacial score (nSPS) is 10.8. The predicted octanol–water partition coefficient (Wildman–Crippen LogP) is 3.37. The highest BCUT2D eigenvalue weighted by Crippen LogP contribution is 2.31. The lowest BCUT2D eigenvalue weighted by atomic mass is 9.86. The van der Waals surface area contributed by atoms with Gasteiger partial charge in [0.2, 0.25) is 0 Å². The zero-order valence-corrected chi connectivity index (χ0v) is 10.2. The van der Waals surface area contributed by atoms with E-state index in [1.807, 2.05) is 32.0 Å². The number of benzene rings is 1. The molecule has 0 spiro atoms. The second kappa shape index (κ2) is 4.06. The fourth-order valence-corrected chi connectivity index (χ4v) is 1.54. The lowest BCUT2D eigenvalue weighted by Gasteiger charge is -2.19. The van der Waals surface area contributed by atoms with Crippen LogP contribution in [-0.2, 0) is 5.41 Å². The van der Waals surface area contributed by atoms with E-state index in [1.165, 1.54) is 0 Å². The van der Waals surface area contributed by atoms with E-state index in [9.17, 15) is 0 Å². The van der Waals surface area contributed by atoms with Crippen LogP contribution in [0.25, 0.3) is 0 Å². The molecule has 0 aliphatic heterocycles. The standard InChI is InChI=1S/C12H13BrO/c1-5-12(2,3)9-6-7-10(13)11(8-9)14-4/h1,6-8H,2-4H3. The molecular formula is C12H13BrO. The second-order valence-corrected chi connectivity index (χ2v) is 4.47. The van der Waals surface area contributed by atoms with Crippen LogP contribution in [0.15, 0.2) is 22.7 Å². The van der Waals surface area contributed by atoms with Crippen molar-refractivity contribution in [2.75, 3.05) is 7.11 Å². The van der Waals surface area contributed by atoms with Crippen LogP contribution in [0, 0.1) is 12.3 Å². The highest BCUT2D eigenvalue weighted by molar-refractivity contribution is 9.10. The Labute approximate surface area is 93.6 Å². The van der Waals surface area contributed by atoms with Crippen molar-refractivity contribution in [3.05, 3.63) is 28.2 Å². The van der Waals surface area contributed by atoms with Gasteiger partial charge in [-0.1, -0.05) is 12.0 Å². The molecule has 0 heterocycles. The monoisotopic (exact) mass is 252 g/mol. The average molecular weight is 253 g/mol. The highest BCUT2D eigenvalue weighted by Gasteiger charge is 2.18. The Morgan fingerprint density at radius 3 is 2.57 bits per heavy atom. The van der Waals surface area contributed by atoms with Crippen LogP contribution in [-0.4, -0.2) is 7.11 Å². The summed E-state index contributed by atoms with van der Waals surface area (Å²) in [7, 11) is 1.65. The first-order valence-corrected chi connectivity index (χ1v) is 5.12. The first-order valence-electron chi connectivity index (χ1n) is 4.33. The van der Waals surface area contributed by atoms with E-state index in [1.54, 1.807) is 7.11 Å². The van der Waals surface area contributed by atoms with Crippen molar-refractivity contribution in [2.24, 2.45) is 0 Å². The van der Waals surface area contributed by atoms with Crippen LogP contribution in [0.3, 0.4) is 0 Å². The molecule has 0 saturated heterocycles. The van der Waals surface area contributed by atoms with Crippen molar-refractivity contribution in [3.8, 4) is 18.1 Å². The SMILES string of the molecule is C#CC(C)(C)c1ccc(Br)c(OC)c1. The minimum absolute atomic E-state index is 0.256. The topological polar surface area (TPSA) is 9.23 Å². The molecule has 1 nitrogen and oxygen atoms in total. The molecule has 0 atom stereocenters. The molecule has 1 aromatic carbocycles. The van der Waals surface area contributed by atoms with Crippen LogP contribution in [0.4, 0.5) is 0 Å². The maximum absolute atomic E-state index is 5.47. The van der Waals surface area contributed by atoms with Crippen LogP contribution >= 0.6 is 15.9 Å². The summed E-state index contributed by atoms with van der Waals surface area (Å²) in [4.78, 5) is 0. The fourth-order valence-electron chi connectivity index (χ4n) is 1.13. The Morgan fingerprint density at radius 2 is 2.07 bits per heavy atom. The van der Waals surface area contributed by atoms with E-state index >= 15 is 0 Å². The van der Waals surface area contributed by atoms with Crippen LogP contribution in [0.2, 0.25) is 0 Å². The van der Waals surface area contributed by atoms with Crippen LogP contribution in [0.1, 0.15) is 19.4 Å². The molecule has 14 heavy (non-hydrogen) atoms. The number of halogens is 1. The summed E-state index contributed by atoms with van der Waals surface area (Å²) in [5, 5.41) is 0. The number of ether oxygens (including phenoxy) is 1. The minimum atomic E-state index is -0.256. The minimum Gasteiger partial charge on any atom is -0.496 e. The number of rotatable bonds is 2. The Bertz CT molecular complexity index is 374. The largest absolute Gasteiger partial charge is 0.496 e. The summed E-state index contributed by atoms with van der Waals surface area (Å²) in [6.07, 6.45) is 5.47. The van der Waals surface area contributed by atoms with E-state index in [4.69, 9.17) is 11.2 Å². The summed E-state index contributed by atoms with van der Waals surface area (Å²) in [5.74, 6) is 3.57. The molecule has 0 fully saturated rings. The molecule has 0 saturated carbocycles. The Balaban J connectivity index is 3.21. The zero-order chi connectivity index (χ0) is 10.8. The smallest absolute Gasteiger partial charge is 0.133 e. The third kappa shape index (κ3) is 2.10.